The summed E-state index contributed by atoms with van der Waals surface area (Å²) in [5.74, 6) is 0.555. The molecule has 2 saturated heterocycles. The Kier molecular flexibility index (Phi) is 8.24. The molecule has 2 amide bonds. The van der Waals surface area contributed by atoms with Crippen LogP contribution in [0.1, 0.15) is 56.6 Å². The fraction of sp³-hybridized carbons (Fsp3) is 0.517. The van der Waals surface area contributed by atoms with E-state index in [0.717, 1.165) is 32.5 Å². The zero-order chi connectivity index (χ0) is 24.9. The smallest absolute Gasteiger partial charge is 0.245 e. The van der Waals surface area contributed by atoms with Gasteiger partial charge in [0.05, 0.1) is 6.04 Å². The van der Waals surface area contributed by atoms with Gasteiger partial charge in [-0.15, -0.1) is 0 Å². The highest BCUT2D eigenvalue weighted by Gasteiger charge is 2.41. The molecule has 2 heterocycles. The molecule has 0 bridgehead atoms. The summed E-state index contributed by atoms with van der Waals surface area (Å²) in [6.45, 7) is 9.23. The van der Waals surface area contributed by atoms with Crippen LogP contribution in [0.2, 0.25) is 0 Å². The van der Waals surface area contributed by atoms with Crippen molar-refractivity contribution < 1.29 is 9.59 Å². The lowest BCUT2D eigenvalue weighted by molar-refractivity contribution is -0.138. The first-order valence-corrected chi connectivity index (χ1v) is 13.0. The van der Waals surface area contributed by atoms with Crippen molar-refractivity contribution in [1.29, 1.82) is 0 Å². The minimum atomic E-state index is -0.644. The molecule has 3 unspecified atom stereocenters. The van der Waals surface area contributed by atoms with Gasteiger partial charge in [-0.3, -0.25) is 9.59 Å². The van der Waals surface area contributed by atoms with Gasteiger partial charge >= 0.3 is 0 Å². The number of hydrogen-bond donors (Lipinski definition) is 2. The third-order valence-corrected chi connectivity index (χ3v) is 7.62. The average Bonchev–Trinajstić information content (AvgIpc) is 3.50. The van der Waals surface area contributed by atoms with E-state index in [1.807, 2.05) is 24.8 Å². The van der Waals surface area contributed by atoms with Crippen molar-refractivity contribution in [2.75, 3.05) is 26.2 Å². The van der Waals surface area contributed by atoms with Gasteiger partial charge in [-0.1, -0.05) is 74.5 Å². The Balaban J connectivity index is 1.51. The van der Waals surface area contributed by atoms with Crippen LogP contribution >= 0.6 is 0 Å². The number of carbonyl (C=O) groups is 2. The zero-order valence-corrected chi connectivity index (χ0v) is 21.3. The molecule has 2 aromatic rings. The predicted octanol–water partition coefficient (Wildman–Crippen LogP) is 3.35. The number of carbonyl (C=O) groups excluding carboxylic acids is 2. The van der Waals surface area contributed by atoms with Crippen LogP contribution in [0.25, 0.3) is 0 Å². The van der Waals surface area contributed by atoms with Gasteiger partial charge in [-0.2, -0.15) is 0 Å². The molecule has 2 aliphatic heterocycles. The predicted molar refractivity (Wildman–Crippen MR) is 140 cm³/mol. The molecule has 6 heteroatoms. The van der Waals surface area contributed by atoms with Gasteiger partial charge < -0.3 is 20.9 Å². The van der Waals surface area contributed by atoms with E-state index in [1.54, 1.807) is 6.92 Å². The molecular formula is C29H40N4O2. The lowest BCUT2D eigenvalue weighted by Gasteiger charge is -2.33. The number of nitrogens with two attached hydrogens (primary N) is 1. The number of nitrogens with zero attached hydrogens (tertiary/aromatic N) is 2. The van der Waals surface area contributed by atoms with E-state index in [-0.39, 0.29) is 23.8 Å². The Morgan fingerprint density at radius 2 is 1.54 bits per heavy atom. The summed E-state index contributed by atoms with van der Waals surface area (Å²) < 4.78 is 0. The van der Waals surface area contributed by atoms with Crippen molar-refractivity contribution in [2.24, 2.45) is 11.7 Å². The van der Waals surface area contributed by atoms with E-state index in [9.17, 15) is 9.59 Å². The van der Waals surface area contributed by atoms with Crippen molar-refractivity contribution in [3.05, 3.63) is 71.8 Å². The summed E-state index contributed by atoms with van der Waals surface area (Å²) in [6.07, 6.45) is 2.08. The molecule has 35 heavy (non-hydrogen) atoms. The van der Waals surface area contributed by atoms with E-state index < -0.39 is 12.1 Å². The molecule has 0 spiro atoms. The van der Waals surface area contributed by atoms with Crippen molar-refractivity contribution in [3.8, 4) is 0 Å². The maximum Gasteiger partial charge on any atom is 0.245 e. The average molecular weight is 477 g/mol. The van der Waals surface area contributed by atoms with E-state index in [0.29, 0.717) is 18.4 Å². The Bertz CT molecular complexity index is 979. The highest BCUT2D eigenvalue weighted by Crippen LogP contribution is 2.35. The molecule has 2 aliphatic rings. The third-order valence-electron chi connectivity index (χ3n) is 7.62. The molecule has 6 nitrogen and oxygen atoms in total. The zero-order valence-electron chi connectivity index (χ0n) is 21.3. The van der Waals surface area contributed by atoms with E-state index in [1.165, 1.54) is 11.1 Å². The van der Waals surface area contributed by atoms with Crippen molar-refractivity contribution in [1.82, 2.24) is 15.1 Å². The van der Waals surface area contributed by atoms with Gasteiger partial charge in [0, 0.05) is 31.6 Å². The number of amides is 2. The highest BCUT2D eigenvalue weighted by molar-refractivity contribution is 5.90. The second kappa shape index (κ2) is 11.4. The first-order chi connectivity index (χ1) is 16.8. The number of benzene rings is 2. The Hall–Kier alpha value is -2.70. The Morgan fingerprint density at radius 1 is 0.943 bits per heavy atom. The van der Waals surface area contributed by atoms with Crippen LogP contribution in [-0.2, 0) is 9.59 Å². The maximum absolute atomic E-state index is 13.8. The number of nitrogens with one attached hydrogen (secondary N) is 1. The molecule has 0 saturated carbocycles. The standard InChI is InChI=1S/C29H40N4O2/c1-20(2)27(31-28(34)21(3)30)29(35)33-18-25(23-12-8-5-9-13-23)16-26(33)19-32-15-14-24(17-32)22-10-6-4-7-11-22/h4-13,20-21,24-27H,14-19,30H2,1-3H3,(H,31,34)/t21?,24?,25-,26-,27?/m0/s1. The topological polar surface area (TPSA) is 78.7 Å². The number of rotatable bonds is 8. The minimum Gasteiger partial charge on any atom is -0.343 e. The Labute approximate surface area is 209 Å². The van der Waals surface area contributed by atoms with Crippen molar-refractivity contribution >= 4 is 11.8 Å². The van der Waals surface area contributed by atoms with Crippen LogP contribution in [0, 0.1) is 5.92 Å². The molecule has 4 rings (SSSR count). The molecule has 0 radical (unpaired) electrons. The van der Waals surface area contributed by atoms with Gasteiger partial charge in [0.1, 0.15) is 6.04 Å². The molecule has 2 aromatic carbocycles. The summed E-state index contributed by atoms with van der Waals surface area (Å²) in [5.41, 5.74) is 8.46. The summed E-state index contributed by atoms with van der Waals surface area (Å²) in [4.78, 5) is 30.8. The summed E-state index contributed by atoms with van der Waals surface area (Å²) >= 11 is 0. The normalized spacial score (nSPS) is 24.5. The lowest BCUT2D eigenvalue weighted by Crippen LogP contribution is -2.56. The number of likely N-dealkylation sites (tertiary alicyclic amines) is 2. The van der Waals surface area contributed by atoms with Crippen LogP contribution in [0.4, 0.5) is 0 Å². The lowest BCUT2D eigenvalue weighted by atomic mass is 9.96. The first kappa shape index (κ1) is 25.4. The monoisotopic (exact) mass is 476 g/mol. The van der Waals surface area contributed by atoms with Crippen LogP contribution in [0.15, 0.2) is 60.7 Å². The molecule has 188 valence electrons. The molecular weight excluding hydrogens is 436 g/mol. The quantitative estimate of drug-likeness (QED) is 0.613. The van der Waals surface area contributed by atoms with Crippen LogP contribution < -0.4 is 11.1 Å². The molecule has 3 N–H and O–H groups in total. The largest absolute Gasteiger partial charge is 0.343 e. The summed E-state index contributed by atoms with van der Waals surface area (Å²) in [7, 11) is 0. The van der Waals surface area contributed by atoms with E-state index in [4.69, 9.17) is 5.73 Å². The van der Waals surface area contributed by atoms with Gasteiger partial charge in [0.25, 0.3) is 0 Å². The van der Waals surface area contributed by atoms with Crippen LogP contribution in [-0.4, -0.2) is 65.9 Å². The van der Waals surface area contributed by atoms with Gasteiger partial charge in [-0.05, 0) is 49.3 Å². The first-order valence-electron chi connectivity index (χ1n) is 13.0. The second-order valence-electron chi connectivity index (χ2n) is 10.7. The fourth-order valence-electron chi connectivity index (χ4n) is 5.60. The van der Waals surface area contributed by atoms with Crippen molar-refractivity contribution in [2.45, 2.75) is 63.6 Å². The molecule has 5 atom stereocenters. The second-order valence-corrected chi connectivity index (χ2v) is 10.7. The SMILES string of the molecule is CC(N)C(=O)NC(C(=O)N1C[C@@H](c2ccccc2)C[C@H]1CN1CCC(c2ccccc2)C1)C(C)C. The third kappa shape index (κ3) is 6.11. The molecule has 0 aliphatic carbocycles. The number of hydrogen-bond acceptors (Lipinski definition) is 4. The van der Waals surface area contributed by atoms with Crippen LogP contribution in [0.3, 0.4) is 0 Å². The maximum atomic E-state index is 13.8. The van der Waals surface area contributed by atoms with Crippen molar-refractivity contribution in [3.63, 3.8) is 0 Å². The Morgan fingerprint density at radius 3 is 2.11 bits per heavy atom. The van der Waals surface area contributed by atoms with Gasteiger partial charge in [0.15, 0.2) is 0 Å². The fourth-order valence-corrected chi connectivity index (χ4v) is 5.60. The minimum absolute atomic E-state index is 0.0104. The summed E-state index contributed by atoms with van der Waals surface area (Å²) in [5, 5.41) is 2.92. The van der Waals surface area contributed by atoms with Gasteiger partial charge in [-0.25, -0.2) is 0 Å². The molecule has 2 fully saturated rings. The highest BCUT2D eigenvalue weighted by atomic mass is 16.2. The van der Waals surface area contributed by atoms with Crippen LogP contribution in [0.5, 0.6) is 0 Å². The van der Waals surface area contributed by atoms with Gasteiger partial charge in [0.2, 0.25) is 11.8 Å². The summed E-state index contributed by atoms with van der Waals surface area (Å²) in [6, 6.07) is 20.1. The molecule has 0 aromatic heterocycles. The van der Waals surface area contributed by atoms with E-state index in [2.05, 4.69) is 64.8 Å². The van der Waals surface area contributed by atoms with E-state index >= 15 is 0 Å².